The second-order valence-corrected chi connectivity index (χ2v) is 3.41. The molecule has 0 aliphatic heterocycles. The van der Waals surface area contributed by atoms with E-state index in [-0.39, 0.29) is 24.4 Å². The Bertz CT molecular complexity index is 299. The second kappa shape index (κ2) is 4.90. The van der Waals surface area contributed by atoms with Crippen LogP contribution in [-0.4, -0.2) is 5.97 Å². The van der Waals surface area contributed by atoms with Gasteiger partial charge in [-0.1, -0.05) is 12.1 Å². The van der Waals surface area contributed by atoms with E-state index in [1.165, 1.54) is 0 Å². The quantitative estimate of drug-likeness (QED) is 0.435. The third-order valence-corrected chi connectivity index (χ3v) is 2.57. The number of carboxylic acid groups (broad SMARTS) is 1. The number of hydrogen-bond donors (Lipinski definition) is 0. The molecule has 0 aliphatic rings. The smallest absolute Gasteiger partial charge is 0.545 e. The fraction of sp³-hybridized carbons (Fsp3) is 0.125. The molecular weight excluding hydrogens is 262 g/mol. The molecule has 0 spiro atoms. The van der Waals surface area contributed by atoms with E-state index in [1.54, 1.807) is 18.2 Å². The van der Waals surface area contributed by atoms with E-state index in [0.717, 1.165) is 9.13 Å². The van der Waals surface area contributed by atoms with Crippen molar-refractivity contribution in [3.63, 3.8) is 0 Å². The SMILES string of the molecule is Cc1ccc(C(=O)[O-])cc1I.[Li+]. The van der Waals surface area contributed by atoms with Gasteiger partial charge in [0, 0.05) is 3.57 Å². The van der Waals surface area contributed by atoms with Gasteiger partial charge in [-0.05, 0) is 46.7 Å². The molecule has 0 fully saturated rings. The molecular formula is C8H6ILiO2. The first-order valence-corrected chi connectivity index (χ1v) is 4.16. The second-order valence-electron chi connectivity index (χ2n) is 2.25. The number of halogens is 1. The van der Waals surface area contributed by atoms with Gasteiger partial charge in [-0.2, -0.15) is 0 Å². The molecule has 0 aromatic heterocycles. The summed E-state index contributed by atoms with van der Waals surface area (Å²) in [5.41, 5.74) is 1.32. The number of benzene rings is 1. The summed E-state index contributed by atoms with van der Waals surface area (Å²) in [6, 6.07) is 4.92. The Labute approximate surface area is 96.7 Å². The summed E-state index contributed by atoms with van der Waals surface area (Å²) in [5, 5.41) is 10.4. The molecule has 2 nitrogen and oxygen atoms in total. The van der Waals surface area contributed by atoms with Gasteiger partial charge >= 0.3 is 18.9 Å². The minimum Gasteiger partial charge on any atom is -0.545 e. The Kier molecular flexibility index (Phi) is 4.91. The summed E-state index contributed by atoms with van der Waals surface area (Å²) >= 11 is 2.09. The summed E-state index contributed by atoms with van der Waals surface area (Å²) < 4.78 is 0.948. The van der Waals surface area contributed by atoms with Crippen LogP contribution < -0.4 is 24.0 Å². The third-order valence-electron chi connectivity index (χ3n) is 1.41. The Hall–Kier alpha value is 0.0174. The van der Waals surface area contributed by atoms with Gasteiger partial charge in [0.05, 0.1) is 5.97 Å². The number of carbonyl (C=O) groups excluding carboxylic acids is 1. The van der Waals surface area contributed by atoms with Crippen LogP contribution >= 0.6 is 22.6 Å². The number of carboxylic acids is 1. The number of aromatic carboxylic acids is 1. The van der Waals surface area contributed by atoms with E-state index in [2.05, 4.69) is 22.6 Å². The Morgan fingerprint density at radius 2 is 2.08 bits per heavy atom. The molecule has 12 heavy (non-hydrogen) atoms. The molecule has 0 N–H and O–H groups in total. The summed E-state index contributed by atoms with van der Waals surface area (Å²) in [4.78, 5) is 10.4. The number of aryl methyl sites for hydroxylation is 1. The first-order chi connectivity index (χ1) is 5.11. The monoisotopic (exact) mass is 268 g/mol. The van der Waals surface area contributed by atoms with Crippen LogP contribution in [0.25, 0.3) is 0 Å². The Balaban J connectivity index is 0.00000121. The minimum absolute atomic E-state index is 0. The normalized spacial score (nSPS) is 8.83. The van der Waals surface area contributed by atoms with E-state index in [0.29, 0.717) is 0 Å². The summed E-state index contributed by atoms with van der Waals surface area (Å²) in [7, 11) is 0. The van der Waals surface area contributed by atoms with Crippen LogP contribution in [0.1, 0.15) is 15.9 Å². The maximum Gasteiger partial charge on any atom is 1.00 e. The zero-order valence-corrected chi connectivity index (χ0v) is 9.08. The number of hydrogen-bond acceptors (Lipinski definition) is 2. The maximum atomic E-state index is 10.4. The van der Waals surface area contributed by atoms with E-state index in [1.807, 2.05) is 6.92 Å². The molecule has 0 radical (unpaired) electrons. The molecule has 0 saturated heterocycles. The van der Waals surface area contributed by atoms with Crippen LogP contribution in [0.3, 0.4) is 0 Å². The average Bonchev–Trinajstić information content (AvgIpc) is 1.94. The van der Waals surface area contributed by atoms with Crippen molar-refractivity contribution in [1.82, 2.24) is 0 Å². The molecule has 1 aromatic carbocycles. The van der Waals surface area contributed by atoms with Crippen molar-refractivity contribution in [2.45, 2.75) is 6.92 Å². The summed E-state index contributed by atoms with van der Waals surface area (Å²) in [6.45, 7) is 1.93. The Morgan fingerprint density at radius 3 is 2.50 bits per heavy atom. The van der Waals surface area contributed by atoms with Crippen molar-refractivity contribution in [3.8, 4) is 0 Å². The van der Waals surface area contributed by atoms with E-state index in [4.69, 9.17) is 0 Å². The molecule has 0 aliphatic carbocycles. The van der Waals surface area contributed by atoms with Crippen molar-refractivity contribution < 1.29 is 28.8 Å². The molecule has 0 saturated carbocycles. The van der Waals surface area contributed by atoms with Crippen LogP contribution in [0.2, 0.25) is 0 Å². The zero-order valence-electron chi connectivity index (χ0n) is 6.93. The average molecular weight is 268 g/mol. The standard InChI is InChI=1S/C8H7IO2.Li/c1-5-2-3-6(8(10)11)4-7(5)9;/h2-4H,1H3,(H,10,11);/q;+1/p-1. The van der Waals surface area contributed by atoms with Gasteiger partial charge in [0.1, 0.15) is 0 Å². The first kappa shape index (κ1) is 12.0. The predicted molar refractivity (Wildman–Crippen MR) is 48.2 cm³/mol. The molecule has 0 amide bonds. The molecule has 1 aromatic rings. The summed E-state index contributed by atoms with van der Waals surface area (Å²) in [5.74, 6) is -1.12. The van der Waals surface area contributed by atoms with Gasteiger partial charge in [-0.3, -0.25) is 0 Å². The van der Waals surface area contributed by atoms with E-state index >= 15 is 0 Å². The summed E-state index contributed by atoms with van der Waals surface area (Å²) in [6.07, 6.45) is 0. The van der Waals surface area contributed by atoms with E-state index < -0.39 is 5.97 Å². The van der Waals surface area contributed by atoms with Crippen LogP contribution in [0.5, 0.6) is 0 Å². The number of carbonyl (C=O) groups is 1. The third kappa shape index (κ3) is 2.81. The topological polar surface area (TPSA) is 40.1 Å². The molecule has 4 heteroatoms. The largest absolute Gasteiger partial charge is 1.00 e. The first-order valence-electron chi connectivity index (χ1n) is 3.09. The van der Waals surface area contributed by atoms with Crippen LogP contribution in [0, 0.1) is 10.5 Å². The van der Waals surface area contributed by atoms with Crippen molar-refractivity contribution in [2.75, 3.05) is 0 Å². The van der Waals surface area contributed by atoms with Gasteiger partial charge in [-0.25, -0.2) is 0 Å². The molecule has 0 atom stereocenters. The van der Waals surface area contributed by atoms with Gasteiger partial charge in [0.15, 0.2) is 0 Å². The Morgan fingerprint density at radius 1 is 1.50 bits per heavy atom. The maximum absolute atomic E-state index is 10.4. The van der Waals surface area contributed by atoms with E-state index in [9.17, 15) is 9.90 Å². The molecule has 0 unspecified atom stereocenters. The minimum atomic E-state index is -1.12. The van der Waals surface area contributed by atoms with Crippen molar-refractivity contribution >= 4 is 28.6 Å². The van der Waals surface area contributed by atoms with Crippen LogP contribution in [0.15, 0.2) is 18.2 Å². The van der Waals surface area contributed by atoms with Gasteiger partial charge in [0.25, 0.3) is 0 Å². The zero-order chi connectivity index (χ0) is 8.43. The fourth-order valence-electron chi connectivity index (χ4n) is 0.720. The van der Waals surface area contributed by atoms with Crippen molar-refractivity contribution in [3.05, 3.63) is 32.9 Å². The van der Waals surface area contributed by atoms with Gasteiger partial charge in [-0.15, -0.1) is 0 Å². The fourth-order valence-corrected chi connectivity index (χ4v) is 1.24. The molecule has 1 rings (SSSR count). The molecule has 0 heterocycles. The molecule has 58 valence electrons. The van der Waals surface area contributed by atoms with Crippen molar-refractivity contribution in [1.29, 1.82) is 0 Å². The van der Waals surface area contributed by atoms with Gasteiger partial charge < -0.3 is 9.90 Å². The van der Waals surface area contributed by atoms with Crippen LogP contribution in [-0.2, 0) is 0 Å². The number of rotatable bonds is 1. The molecule has 0 bridgehead atoms. The van der Waals surface area contributed by atoms with Crippen LogP contribution in [0.4, 0.5) is 0 Å². The van der Waals surface area contributed by atoms with Gasteiger partial charge in [0.2, 0.25) is 0 Å². The predicted octanol–water partition coefficient (Wildman–Crippen LogP) is -2.03. The van der Waals surface area contributed by atoms with Crippen molar-refractivity contribution in [2.24, 2.45) is 0 Å².